The summed E-state index contributed by atoms with van der Waals surface area (Å²) in [5.74, 6) is 0.769. The molecule has 1 atom stereocenters. The van der Waals surface area contributed by atoms with Crippen LogP contribution in [0.25, 0.3) is 5.70 Å². The first-order valence-electron chi connectivity index (χ1n) is 5.73. The van der Waals surface area contributed by atoms with Crippen LogP contribution in [0.3, 0.4) is 0 Å². The maximum atomic E-state index is 11.8. The molecule has 0 aromatic heterocycles. The SMILES string of the molecule is C=C(c1ccccc1)N1CC(C)CCC1=O. The van der Waals surface area contributed by atoms with Crippen molar-refractivity contribution in [3.05, 3.63) is 42.5 Å². The highest BCUT2D eigenvalue weighted by molar-refractivity contribution is 5.86. The third-order valence-electron chi connectivity index (χ3n) is 3.08. The summed E-state index contributed by atoms with van der Waals surface area (Å²) < 4.78 is 0. The summed E-state index contributed by atoms with van der Waals surface area (Å²) in [6, 6.07) is 9.90. The van der Waals surface area contributed by atoms with E-state index < -0.39 is 0 Å². The normalized spacial score (nSPS) is 20.9. The van der Waals surface area contributed by atoms with Crippen molar-refractivity contribution in [2.75, 3.05) is 6.54 Å². The van der Waals surface area contributed by atoms with Crippen molar-refractivity contribution in [3.63, 3.8) is 0 Å². The summed E-state index contributed by atoms with van der Waals surface area (Å²) in [7, 11) is 0. The van der Waals surface area contributed by atoms with Gasteiger partial charge in [0.1, 0.15) is 0 Å². The van der Waals surface area contributed by atoms with Crippen LogP contribution in [0.4, 0.5) is 0 Å². The van der Waals surface area contributed by atoms with Gasteiger partial charge in [-0.3, -0.25) is 4.79 Å². The van der Waals surface area contributed by atoms with Crippen molar-refractivity contribution >= 4 is 11.6 Å². The monoisotopic (exact) mass is 215 g/mol. The zero-order chi connectivity index (χ0) is 11.5. The fraction of sp³-hybridized carbons (Fsp3) is 0.357. The molecule has 1 aliphatic heterocycles. The fourth-order valence-corrected chi connectivity index (χ4v) is 2.06. The van der Waals surface area contributed by atoms with Crippen molar-refractivity contribution in [1.29, 1.82) is 0 Å². The van der Waals surface area contributed by atoms with Crippen LogP contribution in [0.5, 0.6) is 0 Å². The van der Waals surface area contributed by atoms with E-state index in [4.69, 9.17) is 0 Å². The lowest BCUT2D eigenvalue weighted by Gasteiger charge is -2.32. The third kappa shape index (κ3) is 2.16. The molecule has 0 bridgehead atoms. The molecule has 1 aromatic rings. The predicted molar refractivity (Wildman–Crippen MR) is 65.6 cm³/mol. The first kappa shape index (κ1) is 10.9. The van der Waals surface area contributed by atoms with Crippen LogP contribution < -0.4 is 0 Å². The van der Waals surface area contributed by atoms with E-state index in [1.165, 1.54) is 0 Å². The molecule has 1 heterocycles. The topological polar surface area (TPSA) is 20.3 Å². The third-order valence-corrected chi connectivity index (χ3v) is 3.08. The number of rotatable bonds is 2. The van der Waals surface area contributed by atoms with Gasteiger partial charge < -0.3 is 4.90 Å². The van der Waals surface area contributed by atoms with Crippen LogP contribution in [0.1, 0.15) is 25.3 Å². The molecule has 1 fully saturated rings. The molecule has 84 valence electrons. The van der Waals surface area contributed by atoms with Gasteiger partial charge in [0.2, 0.25) is 5.91 Å². The van der Waals surface area contributed by atoms with Gasteiger partial charge in [-0.1, -0.05) is 43.8 Å². The van der Waals surface area contributed by atoms with Crippen LogP contribution in [0.15, 0.2) is 36.9 Å². The van der Waals surface area contributed by atoms with Crippen LogP contribution >= 0.6 is 0 Å². The number of hydrogen-bond donors (Lipinski definition) is 0. The number of benzene rings is 1. The number of piperidine rings is 1. The summed E-state index contributed by atoms with van der Waals surface area (Å²) in [6.07, 6.45) is 1.64. The summed E-state index contributed by atoms with van der Waals surface area (Å²) in [4.78, 5) is 13.6. The number of hydrogen-bond acceptors (Lipinski definition) is 1. The molecule has 0 aliphatic carbocycles. The second-order valence-electron chi connectivity index (χ2n) is 4.46. The summed E-state index contributed by atoms with van der Waals surface area (Å²) in [5, 5.41) is 0. The van der Waals surface area contributed by atoms with Crippen molar-refractivity contribution in [2.45, 2.75) is 19.8 Å². The second kappa shape index (κ2) is 4.52. The number of nitrogens with zero attached hydrogens (tertiary/aromatic N) is 1. The highest BCUT2D eigenvalue weighted by Gasteiger charge is 2.25. The standard InChI is InChI=1S/C14H17NO/c1-11-8-9-14(16)15(10-11)12(2)13-6-4-3-5-7-13/h3-7,11H,2,8-10H2,1H3. The Balaban J connectivity index is 2.18. The Morgan fingerprint density at radius 3 is 2.75 bits per heavy atom. The van der Waals surface area contributed by atoms with Gasteiger partial charge in [-0.2, -0.15) is 0 Å². The molecule has 1 saturated heterocycles. The van der Waals surface area contributed by atoms with Gasteiger partial charge in [-0.15, -0.1) is 0 Å². The lowest BCUT2D eigenvalue weighted by Crippen LogP contribution is -2.37. The van der Waals surface area contributed by atoms with Crippen molar-refractivity contribution < 1.29 is 4.79 Å². The largest absolute Gasteiger partial charge is 0.312 e. The molecule has 1 unspecified atom stereocenters. The zero-order valence-corrected chi connectivity index (χ0v) is 9.65. The Morgan fingerprint density at radius 2 is 2.06 bits per heavy atom. The van der Waals surface area contributed by atoms with E-state index in [1.807, 2.05) is 35.2 Å². The smallest absolute Gasteiger partial charge is 0.226 e. The van der Waals surface area contributed by atoms with Crippen LogP contribution in [-0.4, -0.2) is 17.4 Å². The Morgan fingerprint density at radius 1 is 1.38 bits per heavy atom. The van der Waals surface area contributed by atoms with Gasteiger partial charge >= 0.3 is 0 Å². The molecule has 0 N–H and O–H groups in total. The summed E-state index contributed by atoms with van der Waals surface area (Å²) in [5.41, 5.74) is 1.86. The quantitative estimate of drug-likeness (QED) is 0.742. The van der Waals surface area contributed by atoms with E-state index in [0.717, 1.165) is 24.2 Å². The summed E-state index contributed by atoms with van der Waals surface area (Å²) >= 11 is 0. The van der Waals surface area contributed by atoms with Crippen molar-refractivity contribution in [2.24, 2.45) is 5.92 Å². The lowest BCUT2D eigenvalue weighted by atomic mass is 9.98. The highest BCUT2D eigenvalue weighted by atomic mass is 16.2. The van der Waals surface area contributed by atoms with Gasteiger partial charge in [-0.05, 0) is 17.9 Å². The van der Waals surface area contributed by atoms with E-state index in [9.17, 15) is 4.79 Å². The first-order valence-corrected chi connectivity index (χ1v) is 5.73. The molecule has 1 aromatic carbocycles. The number of likely N-dealkylation sites (tertiary alicyclic amines) is 1. The van der Waals surface area contributed by atoms with E-state index in [-0.39, 0.29) is 5.91 Å². The van der Waals surface area contributed by atoms with E-state index in [2.05, 4.69) is 13.5 Å². The number of amides is 1. The molecule has 0 saturated carbocycles. The fourth-order valence-electron chi connectivity index (χ4n) is 2.06. The minimum Gasteiger partial charge on any atom is -0.312 e. The van der Waals surface area contributed by atoms with Gasteiger partial charge in [0, 0.05) is 18.7 Å². The highest BCUT2D eigenvalue weighted by Crippen LogP contribution is 2.25. The maximum absolute atomic E-state index is 11.8. The van der Waals surface area contributed by atoms with E-state index >= 15 is 0 Å². The minimum atomic E-state index is 0.201. The molecular formula is C14H17NO. The first-order chi connectivity index (χ1) is 7.68. The minimum absolute atomic E-state index is 0.201. The second-order valence-corrected chi connectivity index (χ2v) is 4.46. The van der Waals surface area contributed by atoms with E-state index in [0.29, 0.717) is 12.3 Å². The maximum Gasteiger partial charge on any atom is 0.226 e. The van der Waals surface area contributed by atoms with Crippen molar-refractivity contribution in [3.8, 4) is 0 Å². The van der Waals surface area contributed by atoms with Crippen LogP contribution in [0, 0.1) is 5.92 Å². The average molecular weight is 215 g/mol. The van der Waals surface area contributed by atoms with Crippen LogP contribution in [0.2, 0.25) is 0 Å². The van der Waals surface area contributed by atoms with Crippen LogP contribution in [-0.2, 0) is 4.79 Å². The Labute approximate surface area is 96.6 Å². The Kier molecular flexibility index (Phi) is 3.09. The molecule has 1 aliphatic rings. The summed E-state index contributed by atoms with van der Waals surface area (Å²) in [6.45, 7) is 7.02. The zero-order valence-electron chi connectivity index (χ0n) is 9.65. The van der Waals surface area contributed by atoms with Gasteiger partial charge in [0.25, 0.3) is 0 Å². The Bertz CT molecular complexity index is 396. The number of carbonyl (C=O) groups excluding carboxylic acids is 1. The molecule has 16 heavy (non-hydrogen) atoms. The van der Waals surface area contributed by atoms with Gasteiger partial charge in [0.15, 0.2) is 0 Å². The lowest BCUT2D eigenvalue weighted by molar-refractivity contribution is -0.130. The van der Waals surface area contributed by atoms with Gasteiger partial charge in [-0.25, -0.2) is 0 Å². The molecule has 2 rings (SSSR count). The Hall–Kier alpha value is -1.57. The van der Waals surface area contributed by atoms with Gasteiger partial charge in [0.05, 0.1) is 0 Å². The molecule has 1 amide bonds. The molecular weight excluding hydrogens is 198 g/mol. The molecule has 0 radical (unpaired) electrons. The van der Waals surface area contributed by atoms with Crippen molar-refractivity contribution in [1.82, 2.24) is 4.90 Å². The average Bonchev–Trinajstić information content (AvgIpc) is 2.32. The molecule has 2 nitrogen and oxygen atoms in total. The molecule has 2 heteroatoms. The molecule has 0 spiro atoms. The predicted octanol–water partition coefficient (Wildman–Crippen LogP) is 2.92. The van der Waals surface area contributed by atoms with E-state index in [1.54, 1.807) is 0 Å². The number of carbonyl (C=O) groups is 1.